The molecule has 0 atom stereocenters. The summed E-state index contributed by atoms with van der Waals surface area (Å²) in [5.41, 5.74) is 7.01. The van der Waals surface area contributed by atoms with Crippen LogP contribution in [0.4, 0.5) is 0 Å². The van der Waals surface area contributed by atoms with Crippen LogP contribution in [-0.2, 0) is 0 Å². The van der Waals surface area contributed by atoms with Gasteiger partial charge in [-0.1, -0.05) is 97.1 Å². The van der Waals surface area contributed by atoms with E-state index >= 15 is 0 Å². The Morgan fingerprint density at radius 2 is 1.19 bits per heavy atom. The normalized spacial score (nSPS) is 12.2. The second kappa shape index (κ2) is 8.30. The first-order valence-electron chi connectivity index (χ1n) is 14.3. The summed E-state index contributed by atoms with van der Waals surface area (Å²) in [6.07, 6.45) is 0. The molecule has 0 N–H and O–H groups in total. The predicted octanol–water partition coefficient (Wildman–Crippen LogP) is 10.2. The first kappa shape index (κ1) is 22.7. The van der Waals surface area contributed by atoms with Crippen molar-refractivity contribution in [2.45, 2.75) is 0 Å². The second-order valence-electron chi connectivity index (χ2n) is 11.0. The topological polar surface area (TPSA) is 57.0 Å². The fourth-order valence-electron chi connectivity index (χ4n) is 6.76. The van der Waals surface area contributed by atoms with Gasteiger partial charge in [-0.25, -0.2) is 9.97 Å². The summed E-state index contributed by atoms with van der Waals surface area (Å²) >= 11 is 0. The van der Waals surface area contributed by atoms with Crippen molar-refractivity contribution < 1.29 is 8.83 Å². The van der Waals surface area contributed by atoms with E-state index in [2.05, 4.69) is 95.6 Å². The monoisotopic (exact) mass is 551 g/mol. The van der Waals surface area contributed by atoms with E-state index in [0.29, 0.717) is 17.2 Å². The van der Waals surface area contributed by atoms with Gasteiger partial charge in [-0.15, -0.1) is 0 Å². The summed E-state index contributed by atoms with van der Waals surface area (Å²) in [4.78, 5) is 10.4. The number of aromatic nitrogens is 3. The van der Waals surface area contributed by atoms with E-state index in [1.165, 1.54) is 0 Å². The maximum Gasteiger partial charge on any atom is 0.197 e. The van der Waals surface area contributed by atoms with Crippen LogP contribution in [0.2, 0.25) is 0 Å². The van der Waals surface area contributed by atoms with Crippen LogP contribution < -0.4 is 0 Å². The molecule has 5 heteroatoms. The molecule has 0 aliphatic carbocycles. The van der Waals surface area contributed by atoms with Gasteiger partial charge in [0.05, 0.1) is 16.4 Å². The van der Waals surface area contributed by atoms with Crippen molar-refractivity contribution in [1.29, 1.82) is 0 Å². The first-order valence-corrected chi connectivity index (χ1v) is 14.3. The zero-order valence-corrected chi connectivity index (χ0v) is 22.8. The largest absolute Gasteiger partial charge is 0.456 e. The quantitative estimate of drug-likeness (QED) is 0.214. The maximum absolute atomic E-state index is 6.68. The summed E-state index contributed by atoms with van der Waals surface area (Å²) in [5, 5.41) is 7.71. The minimum Gasteiger partial charge on any atom is -0.456 e. The molecule has 0 aliphatic heterocycles. The van der Waals surface area contributed by atoms with Crippen molar-refractivity contribution in [2.75, 3.05) is 0 Å². The zero-order valence-electron chi connectivity index (χ0n) is 22.8. The van der Waals surface area contributed by atoms with Gasteiger partial charge < -0.3 is 8.83 Å². The molecule has 4 heterocycles. The van der Waals surface area contributed by atoms with Gasteiger partial charge in [0.2, 0.25) is 0 Å². The zero-order chi connectivity index (χ0) is 28.1. The lowest BCUT2D eigenvalue weighted by Gasteiger charge is -2.10. The van der Waals surface area contributed by atoms with Crippen molar-refractivity contribution >= 4 is 76.6 Å². The van der Waals surface area contributed by atoms with Gasteiger partial charge in [0, 0.05) is 27.1 Å². The summed E-state index contributed by atoms with van der Waals surface area (Å²) in [5.74, 6) is 1.36. The molecule has 0 fully saturated rings. The van der Waals surface area contributed by atoms with E-state index in [4.69, 9.17) is 18.8 Å². The van der Waals surface area contributed by atoms with Gasteiger partial charge in [0.25, 0.3) is 0 Å². The van der Waals surface area contributed by atoms with Gasteiger partial charge in [0.15, 0.2) is 17.2 Å². The first-order chi connectivity index (χ1) is 21.3. The molecule has 0 radical (unpaired) electrons. The highest BCUT2D eigenvalue weighted by molar-refractivity contribution is 6.28. The highest BCUT2D eigenvalue weighted by Crippen LogP contribution is 2.43. The standard InChI is InChI=1S/C38H21N3O2/c1-2-11-23(12-3-1)37-39-35-34-24-13-5-4-10-22(24)18-20-31(34)43-36(35)38(40-37)41-27-16-8-6-14-25(27)32-28(41)19-21-30-33(32)26-15-7-9-17-29(26)42-30/h1-21H. The van der Waals surface area contributed by atoms with Gasteiger partial charge >= 0.3 is 0 Å². The molecule has 0 aliphatic rings. The van der Waals surface area contributed by atoms with Crippen LogP contribution in [0, 0.1) is 0 Å². The molecule has 43 heavy (non-hydrogen) atoms. The lowest BCUT2D eigenvalue weighted by molar-refractivity contribution is 0.662. The van der Waals surface area contributed by atoms with Crippen LogP contribution >= 0.6 is 0 Å². The van der Waals surface area contributed by atoms with Crippen LogP contribution in [0.15, 0.2) is 136 Å². The third-order valence-electron chi connectivity index (χ3n) is 8.61. The molecule has 10 rings (SSSR count). The highest BCUT2D eigenvalue weighted by Gasteiger charge is 2.24. The van der Waals surface area contributed by atoms with E-state index in [9.17, 15) is 0 Å². The molecule has 10 aromatic rings. The predicted molar refractivity (Wildman–Crippen MR) is 174 cm³/mol. The Labute approximate surface area is 244 Å². The van der Waals surface area contributed by atoms with Crippen molar-refractivity contribution in [3.63, 3.8) is 0 Å². The summed E-state index contributed by atoms with van der Waals surface area (Å²) in [6.45, 7) is 0. The van der Waals surface area contributed by atoms with Crippen LogP contribution in [0.5, 0.6) is 0 Å². The molecule has 6 aromatic carbocycles. The molecular weight excluding hydrogens is 530 g/mol. The molecular formula is C38H21N3O2. The molecule has 0 amide bonds. The SMILES string of the molecule is c1ccc(-c2nc(-n3c4ccccc4c4c5c(ccc43)oc3ccccc35)c3oc4ccc5ccccc5c4c3n2)cc1. The lowest BCUT2D eigenvalue weighted by Crippen LogP contribution is -2.01. The van der Waals surface area contributed by atoms with Crippen molar-refractivity contribution in [1.82, 2.24) is 14.5 Å². The number of hydrogen-bond acceptors (Lipinski definition) is 4. The Bertz CT molecular complexity index is 2730. The van der Waals surface area contributed by atoms with E-state index < -0.39 is 0 Å². The Morgan fingerprint density at radius 1 is 0.465 bits per heavy atom. The Hall–Kier alpha value is -5.94. The molecule has 0 spiro atoms. The third-order valence-corrected chi connectivity index (χ3v) is 8.61. The molecule has 5 nitrogen and oxygen atoms in total. The number of furan rings is 2. The lowest BCUT2D eigenvalue weighted by atomic mass is 10.1. The number of benzene rings is 6. The maximum atomic E-state index is 6.68. The molecule has 0 saturated carbocycles. The smallest absolute Gasteiger partial charge is 0.197 e. The molecule has 4 aromatic heterocycles. The molecule has 200 valence electrons. The fraction of sp³-hybridized carbons (Fsp3) is 0. The van der Waals surface area contributed by atoms with Crippen molar-refractivity contribution in [3.8, 4) is 17.2 Å². The Kier molecular flexibility index (Phi) is 4.39. The molecule has 0 unspecified atom stereocenters. The summed E-state index contributed by atoms with van der Waals surface area (Å²) in [6, 6.07) is 43.6. The number of nitrogens with zero attached hydrogens (tertiary/aromatic N) is 3. The number of fused-ring (bicyclic) bond motifs is 12. The summed E-state index contributed by atoms with van der Waals surface area (Å²) in [7, 11) is 0. The Balaban J connectivity index is 1.42. The number of rotatable bonds is 2. The van der Waals surface area contributed by atoms with Gasteiger partial charge in [-0.2, -0.15) is 0 Å². The molecule has 0 bridgehead atoms. The van der Waals surface area contributed by atoms with Gasteiger partial charge in [-0.05, 0) is 41.1 Å². The average Bonchev–Trinajstić information content (AvgIpc) is 3.74. The van der Waals surface area contributed by atoms with Crippen molar-refractivity contribution in [3.05, 3.63) is 127 Å². The second-order valence-corrected chi connectivity index (χ2v) is 11.0. The minimum absolute atomic E-state index is 0.652. The van der Waals surface area contributed by atoms with Crippen LogP contribution in [0.1, 0.15) is 0 Å². The van der Waals surface area contributed by atoms with Gasteiger partial charge in [0.1, 0.15) is 22.3 Å². The fourth-order valence-corrected chi connectivity index (χ4v) is 6.76. The van der Waals surface area contributed by atoms with Crippen molar-refractivity contribution in [2.24, 2.45) is 0 Å². The van der Waals surface area contributed by atoms with Crippen LogP contribution in [0.25, 0.3) is 93.8 Å². The summed E-state index contributed by atoms with van der Waals surface area (Å²) < 4.78 is 15.2. The van der Waals surface area contributed by atoms with E-state index in [1.807, 2.05) is 36.4 Å². The number of para-hydroxylation sites is 2. The number of hydrogen-bond donors (Lipinski definition) is 0. The third kappa shape index (κ3) is 3.05. The average molecular weight is 552 g/mol. The van der Waals surface area contributed by atoms with Gasteiger partial charge in [-0.3, -0.25) is 4.57 Å². The van der Waals surface area contributed by atoms with Crippen LogP contribution in [-0.4, -0.2) is 14.5 Å². The van der Waals surface area contributed by atoms with Crippen LogP contribution in [0.3, 0.4) is 0 Å². The Morgan fingerprint density at radius 3 is 2.09 bits per heavy atom. The molecule has 0 saturated heterocycles. The highest BCUT2D eigenvalue weighted by atomic mass is 16.3. The van der Waals surface area contributed by atoms with E-state index in [1.54, 1.807) is 0 Å². The van der Waals surface area contributed by atoms with E-state index in [-0.39, 0.29) is 0 Å². The van der Waals surface area contributed by atoms with E-state index in [0.717, 1.165) is 76.6 Å². The minimum atomic E-state index is 0.652.